The normalized spacial score (nSPS) is 17.2. The lowest BCUT2D eigenvalue weighted by atomic mass is 9.73. The molecule has 9 nitrogen and oxygen atoms in total. The minimum atomic E-state index is -0.701. The predicted molar refractivity (Wildman–Crippen MR) is 116 cm³/mol. The third kappa shape index (κ3) is 3.35. The number of nitrogens with one attached hydrogen (secondary N) is 2. The van der Waals surface area contributed by atoms with E-state index in [1.54, 1.807) is 6.26 Å². The zero-order chi connectivity index (χ0) is 22.5. The second kappa shape index (κ2) is 7.26. The molecule has 0 fully saturated rings. The molecular formula is C22H24N4O5. The molecule has 0 radical (unpaired) electrons. The van der Waals surface area contributed by atoms with Crippen molar-refractivity contribution < 1.29 is 14.3 Å². The lowest BCUT2D eigenvalue weighted by Gasteiger charge is -2.38. The maximum absolute atomic E-state index is 12.4. The molecule has 0 saturated heterocycles. The summed E-state index contributed by atoms with van der Waals surface area (Å²) in [5.41, 5.74) is -0.375. The number of fused-ring (bicyclic) bond motifs is 1. The molecule has 3 N–H and O–H groups in total. The van der Waals surface area contributed by atoms with E-state index in [2.05, 4.69) is 29.5 Å². The molecule has 2 heterocycles. The molecule has 0 saturated carbocycles. The molecule has 1 aliphatic carbocycles. The molecule has 1 aromatic carbocycles. The quantitative estimate of drug-likeness (QED) is 0.534. The van der Waals surface area contributed by atoms with Crippen LogP contribution in [0.25, 0.3) is 0 Å². The van der Waals surface area contributed by atoms with E-state index in [4.69, 9.17) is 4.42 Å². The summed E-state index contributed by atoms with van der Waals surface area (Å²) in [5, 5.41) is 16.5. The summed E-state index contributed by atoms with van der Waals surface area (Å²) in [6.45, 7) is 4.14. The summed E-state index contributed by atoms with van der Waals surface area (Å²) in [6.07, 6.45) is 4.73. The Morgan fingerprint density at radius 1 is 1.23 bits per heavy atom. The first-order valence-corrected chi connectivity index (χ1v) is 9.94. The minimum absolute atomic E-state index is 0.0317. The van der Waals surface area contributed by atoms with E-state index in [0.29, 0.717) is 0 Å². The van der Waals surface area contributed by atoms with E-state index in [1.165, 1.54) is 31.3 Å². The largest absolute Gasteiger partial charge is 0.504 e. The van der Waals surface area contributed by atoms with Gasteiger partial charge in [-0.2, -0.15) is 0 Å². The van der Waals surface area contributed by atoms with Crippen molar-refractivity contribution in [3.63, 3.8) is 0 Å². The number of pyridine rings is 1. The van der Waals surface area contributed by atoms with Crippen LogP contribution in [0.4, 0.5) is 17.1 Å². The van der Waals surface area contributed by atoms with Crippen LogP contribution in [0.2, 0.25) is 0 Å². The fourth-order valence-electron chi connectivity index (χ4n) is 3.87. The summed E-state index contributed by atoms with van der Waals surface area (Å²) in [5.74, 6) is -0.133. The van der Waals surface area contributed by atoms with E-state index in [1.807, 2.05) is 6.07 Å². The van der Waals surface area contributed by atoms with Crippen molar-refractivity contribution >= 4 is 23.0 Å². The van der Waals surface area contributed by atoms with Gasteiger partial charge in [-0.25, -0.2) is 4.98 Å². The van der Waals surface area contributed by atoms with E-state index in [0.717, 1.165) is 24.2 Å². The van der Waals surface area contributed by atoms with Crippen molar-refractivity contribution in [2.24, 2.45) is 5.41 Å². The molecule has 0 aliphatic heterocycles. The molecule has 0 bridgehead atoms. The second-order valence-electron chi connectivity index (χ2n) is 8.66. The SMILES string of the molecule is CN(C)C(=O)c1nccc(Nc2c(N[C@@H]3c4occc4CCC3(C)C)c(=O)c2=O)c1O. The zero-order valence-electron chi connectivity index (χ0n) is 17.8. The van der Waals surface area contributed by atoms with Crippen LogP contribution >= 0.6 is 0 Å². The van der Waals surface area contributed by atoms with Gasteiger partial charge in [-0.3, -0.25) is 14.4 Å². The first kappa shape index (κ1) is 20.6. The van der Waals surface area contributed by atoms with Crippen molar-refractivity contribution in [3.05, 3.63) is 62.1 Å². The Balaban J connectivity index is 1.67. The highest BCUT2D eigenvalue weighted by Crippen LogP contribution is 2.46. The van der Waals surface area contributed by atoms with Crippen LogP contribution in [0, 0.1) is 5.41 Å². The maximum atomic E-state index is 12.4. The summed E-state index contributed by atoms with van der Waals surface area (Å²) in [4.78, 5) is 42.1. The molecule has 2 aromatic heterocycles. The lowest BCUT2D eigenvalue weighted by molar-refractivity contribution is 0.0819. The third-order valence-electron chi connectivity index (χ3n) is 5.85. The topological polar surface area (TPSA) is 125 Å². The Morgan fingerprint density at radius 2 is 1.94 bits per heavy atom. The molecule has 9 heteroatoms. The van der Waals surface area contributed by atoms with Gasteiger partial charge in [-0.1, -0.05) is 13.8 Å². The second-order valence-corrected chi connectivity index (χ2v) is 8.66. The molecule has 1 amide bonds. The number of hydrogen-bond acceptors (Lipinski definition) is 8. The van der Waals surface area contributed by atoms with Crippen molar-refractivity contribution in [2.75, 3.05) is 24.7 Å². The van der Waals surface area contributed by atoms with Gasteiger partial charge >= 0.3 is 0 Å². The van der Waals surface area contributed by atoms with Gasteiger partial charge in [-0.15, -0.1) is 0 Å². The molecule has 0 unspecified atom stereocenters. The molecule has 4 rings (SSSR count). The first-order chi connectivity index (χ1) is 14.6. The Bertz CT molecular complexity index is 1230. The third-order valence-corrected chi connectivity index (χ3v) is 5.85. The summed E-state index contributed by atoms with van der Waals surface area (Å²) in [7, 11) is 3.08. The number of carbonyl (C=O) groups excluding carboxylic acids is 1. The Hall–Kier alpha value is -3.62. The van der Waals surface area contributed by atoms with Crippen LogP contribution in [0.1, 0.15) is 48.1 Å². The van der Waals surface area contributed by atoms with E-state index in [-0.39, 0.29) is 34.2 Å². The number of aromatic nitrogens is 1. The Kier molecular flexibility index (Phi) is 4.83. The number of anilines is 3. The van der Waals surface area contributed by atoms with Gasteiger partial charge in [-0.05, 0) is 36.0 Å². The van der Waals surface area contributed by atoms with Crippen LogP contribution in [0.5, 0.6) is 5.75 Å². The maximum Gasteiger partial charge on any atom is 0.275 e. The van der Waals surface area contributed by atoms with Crippen LogP contribution < -0.4 is 21.5 Å². The Morgan fingerprint density at radius 3 is 2.65 bits per heavy atom. The number of aryl methyl sites for hydroxylation is 1. The van der Waals surface area contributed by atoms with E-state index in [9.17, 15) is 19.5 Å². The number of hydrogen-bond donors (Lipinski definition) is 3. The van der Waals surface area contributed by atoms with Gasteiger partial charge in [0.2, 0.25) is 0 Å². The lowest BCUT2D eigenvalue weighted by Crippen LogP contribution is -2.41. The van der Waals surface area contributed by atoms with Gasteiger partial charge in [0, 0.05) is 20.3 Å². The van der Waals surface area contributed by atoms with Crippen molar-refractivity contribution in [1.29, 1.82) is 0 Å². The molecule has 3 aromatic rings. The number of carbonyl (C=O) groups is 1. The zero-order valence-corrected chi connectivity index (χ0v) is 17.8. The number of rotatable bonds is 5. The number of furan rings is 1. The summed E-state index contributed by atoms with van der Waals surface area (Å²) >= 11 is 0. The summed E-state index contributed by atoms with van der Waals surface area (Å²) in [6, 6.07) is 3.04. The van der Waals surface area contributed by atoms with Crippen LogP contribution in [-0.2, 0) is 6.42 Å². The highest BCUT2D eigenvalue weighted by Gasteiger charge is 2.40. The van der Waals surface area contributed by atoms with Crippen LogP contribution in [0.15, 0.2) is 38.6 Å². The highest BCUT2D eigenvalue weighted by atomic mass is 16.3. The smallest absolute Gasteiger partial charge is 0.275 e. The van der Waals surface area contributed by atoms with Gasteiger partial charge in [0.15, 0.2) is 11.4 Å². The van der Waals surface area contributed by atoms with Crippen molar-refractivity contribution in [1.82, 2.24) is 9.88 Å². The van der Waals surface area contributed by atoms with Crippen LogP contribution in [-0.4, -0.2) is 35.0 Å². The van der Waals surface area contributed by atoms with Gasteiger partial charge < -0.3 is 25.1 Å². The van der Waals surface area contributed by atoms with Gasteiger partial charge in [0.25, 0.3) is 16.8 Å². The van der Waals surface area contributed by atoms with E-state index >= 15 is 0 Å². The molecule has 0 spiro atoms. The first-order valence-electron chi connectivity index (χ1n) is 9.94. The molecule has 1 aliphatic rings. The fourth-order valence-corrected chi connectivity index (χ4v) is 3.87. The monoisotopic (exact) mass is 424 g/mol. The number of nitrogens with zero attached hydrogens (tertiary/aromatic N) is 2. The van der Waals surface area contributed by atoms with Crippen molar-refractivity contribution in [3.8, 4) is 5.75 Å². The van der Waals surface area contributed by atoms with Gasteiger partial charge in [0.1, 0.15) is 17.1 Å². The highest BCUT2D eigenvalue weighted by molar-refractivity contribution is 5.97. The molecule has 31 heavy (non-hydrogen) atoms. The average Bonchev–Trinajstić information content (AvgIpc) is 3.20. The van der Waals surface area contributed by atoms with Crippen molar-refractivity contribution in [2.45, 2.75) is 32.7 Å². The standard InChI is InChI=1S/C22H24N4O5/c1-22(2)8-5-11-7-10-31-19(11)20(22)25-14-13(17(28)18(14)29)24-12-6-9-23-15(16(12)27)21(30)26(3)4/h6-7,9-10,20,25,27H,5,8H2,1-4H3,(H,23,24)/t20-/m1/s1. The molecule has 162 valence electrons. The van der Waals surface area contributed by atoms with Crippen LogP contribution in [0.3, 0.4) is 0 Å². The minimum Gasteiger partial charge on any atom is -0.504 e. The average molecular weight is 424 g/mol. The fraction of sp³-hybridized carbons (Fsp3) is 0.364. The Labute approximate surface area is 178 Å². The van der Waals surface area contributed by atoms with Gasteiger partial charge in [0.05, 0.1) is 18.0 Å². The number of amides is 1. The van der Waals surface area contributed by atoms with E-state index < -0.39 is 22.5 Å². The number of aromatic hydroxyl groups is 1. The molecule has 1 atom stereocenters. The predicted octanol–water partition coefficient (Wildman–Crippen LogP) is 2.55. The summed E-state index contributed by atoms with van der Waals surface area (Å²) < 4.78 is 5.68. The molecular weight excluding hydrogens is 400 g/mol.